The van der Waals surface area contributed by atoms with Gasteiger partial charge >= 0.3 is 0 Å². The van der Waals surface area contributed by atoms with E-state index < -0.39 is 0 Å². The topological polar surface area (TPSA) is 41.6 Å². The number of hydrogen-bond donors (Lipinski definition) is 1. The molecule has 72 valence electrons. The lowest BCUT2D eigenvalue weighted by Gasteiger charge is -1.92. The number of halogens is 2. The third kappa shape index (κ3) is 1.33. The largest absolute Gasteiger partial charge is 0.342 e. The summed E-state index contributed by atoms with van der Waals surface area (Å²) >= 11 is 9.11. The number of H-pyrrole nitrogens is 1. The first-order chi connectivity index (χ1) is 6.74. The third-order valence-corrected chi connectivity index (χ3v) is 3.46. The first-order valence-corrected chi connectivity index (χ1v) is 5.63. The zero-order valence-corrected chi connectivity index (χ0v) is 9.56. The van der Waals surface area contributed by atoms with Crippen LogP contribution in [0.5, 0.6) is 0 Å². The number of aromatic nitrogens is 3. The van der Waals surface area contributed by atoms with Crippen LogP contribution < -0.4 is 0 Å². The van der Waals surface area contributed by atoms with Crippen molar-refractivity contribution in [1.82, 2.24) is 15.0 Å². The Kier molecular flexibility index (Phi) is 1.82. The zero-order chi connectivity index (χ0) is 9.71. The van der Waals surface area contributed by atoms with Crippen LogP contribution in [0.2, 0.25) is 5.15 Å². The van der Waals surface area contributed by atoms with E-state index in [0.717, 1.165) is 11.2 Å². The fourth-order valence-corrected chi connectivity index (χ4v) is 1.94. The van der Waals surface area contributed by atoms with Crippen LogP contribution in [0.3, 0.4) is 0 Å². The van der Waals surface area contributed by atoms with Gasteiger partial charge in [-0.2, -0.15) is 0 Å². The van der Waals surface area contributed by atoms with E-state index >= 15 is 0 Å². The first-order valence-electron chi connectivity index (χ1n) is 4.45. The van der Waals surface area contributed by atoms with Crippen LogP contribution in [-0.4, -0.2) is 15.0 Å². The van der Waals surface area contributed by atoms with Crippen molar-refractivity contribution in [3.63, 3.8) is 0 Å². The van der Waals surface area contributed by atoms with E-state index in [1.807, 2.05) is 0 Å². The Labute approximate surface area is 94.0 Å². The molecule has 0 saturated heterocycles. The van der Waals surface area contributed by atoms with Gasteiger partial charge in [0.2, 0.25) is 0 Å². The van der Waals surface area contributed by atoms with E-state index in [-0.39, 0.29) is 0 Å². The van der Waals surface area contributed by atoms with Gasteiger partial charge in [-0.25, -0.2) is 9.97 Å². The van der Waals surface area contributed by atoms with Crippen LogP contribution in [0.15, 0.2) is 10.7 Å². The number of aromatic amines is 1. The zero-order valence-electron chi connectivity index (χ0n) is 7.22. The lowest BCUT2D eigenvalue weighted by Crippen LogP contribution is -1.84. The number of nitrogens with one attached hydrogen (secondary N) is 1. The molecule has 1 fully saturated rings. The van der Waals surface area contributed by atoms with Crippen molar-refractivity contribution in [2.24, 2.45) is 0 Å². The molecular formula is C9H7BrClN3. The van der Waals surface area contributed by atoms with Crippen molar-refractivity contribution < 1.29 is 0 Å². The van der Waals surface area contributed by atoms with Gasteiger partial charge in [-0.3, -0.25) is 0 Å². The quantitative estimate of drug-likeness (QED) is 0.866. The molecule has 5 heteroatoms. The molecule has 0 radical (unpaired) electrons. The highest BCUT2D eigenvalue weighted by Gasteiger charge is 2.25. The van der Waals surface area contributed by atoms with Crippen LogP contribution >= 0.6 is 27.5 Å². The third-order valence-electron chi connectivity index (χ3n) is 2.41. The molecule has 3 nitrogen and oxygen atoms in total. The van der Waals surface area contributed by atoms with Crippen molar-refractivity contribution in [3.05, 3.63) is 21.5 Å². The van der Waals surface area contributed by atoms with E-state index in [2.05, 4.69) is 36.9 Å². The van der Waals surface area contributed by atoms with Crippen molar-refractivity contribution in [2.75, 3.05) is 0 Å². The van der Waals surface area contributed by atoms with Crippen LogP contribution in [0.1, 0.15) is 24.5 Å². The Balaban J connectivity index is 2.22. The number of fused-ring (bicyclic) bond motifs is 1. The molecule has 0 amide bonds. The normalized spacial score (nSPS) is 16.4. The van der Waals surface area contributed by atoms with Crippen LogP contribution in [0.25, 0.3) is 11.2 Å². The molecule has 0 atom stereocenters. The lowest BCUT2D eigenvalue weighted by molar-refractivity contribution is 1.05. The van der Waals surface area contributed by atoms with Crippen molar-refractivity contribution in [3.8, 4) is 0 Å². The summed E-state index contributed by atoms with van der Waals surface area (Å²) < 4.78 is 0.605. The Hall–Kier alpha value is -0.610. The van der Waals surface area contributed by atoms with Gasteiger partial charge in [0.1, 0.15) is 10.1 Å². The molecule has 0 aliphatic heterocycles. The van der Waals surface area contributed by atoms with Crippen molar-refractivity contribution in [1.29, 1.82) is 0 Å². The predicted octanol–water partition coefficient (Wildman–Crippen LogP) is 3.25. The second-order valence-corrected chi connectivity index (χ2v) is 4.65. The highest BCUT2D eigenvalue weighted by atomic mass is 79.9. The number of nitrogens with zero attached hydrogens (tertiary/aromatic N) is 2. The van der Waals surface area contributed by atoms with E-state index in [1.165, 1.54) is 18.5 Å². The van der Waals surface area contributed by atoms with Gasteiger partial charge in [-0.05, 0) is 40.8 Å². The fourth-order valence-electron chi connectivity index (χ4n) is 1.53. The molecule has 2 aromatic rings. The molecule has 2 aromatic heterocycles. The maximum atomic E-state index is 5.85. The molecule has 1 saturated carbocycles. The monoisotopic (exact) mass is 271 g/mol. The van der Waals surface area contributed by atoms with Crippen LogP contribution in [0, 0.1) is 0 Å². The molecule has 1 aliphatic carbocycles. The molecule has 0 bridgehead atoms. The summed E-state index contributed by atoms with van der Waals surface area (Å²) in [6.45, 7) is 0. The van der Waals surface area contributed by atoms with E-state index in [1.54, 1.807) is 0 Å². The summed E-state index contributed by atoms with van der Waals surface area (Å²) in [6, 6.07) is 2.06. The van der Waals surface area contributed by atoms with Gasteiger partial charge in [0.05, 0.1) is 0 Å². The maximum absolute atomic E-state index is 5.85. The Morgan fingerprint density at radius 3 is 2.93 bits per heavy atom. The standard InChI is InChI=1S/C9H7BrClN3/c10-7-8(11)14-9-6(12-7)3-5(13-9)4-1-2-4/h3-4H,1-2H2,(H,13,14). The SMILES string of the molecule is Clc1nc2[nH]c(C3CC3)cc2nc1Br. The molecule has 2 heterocycles. The molecule has 0 aromatic carbocycles. The second-order valence-electron chi connectivity index (χ2n) is 3.54. The van der Waals surface area contributed by atoms with E-state index in [9.17, 15) is 0 Å². The first kappa shape index (κ1) is 8.68. The van der Waals surface area contributed by atoms with Crippen molar-refractivity contribution >= 4 is 38.7 Å². The van der Waals surface area contributed by atoms with Gasteiger partial charge in [0.15, 0.2) is 10.8 Å². The van der Waals surface area contributed by atoms with E-state index in [4.69, 9.17) is 11.6 Å². The van der Waals surface area contributed by atoms with Gasteiger partial charge < -0.3 is 4.98 Å². The Morgan fingerprint density at radius 1 is 1.43 bits per heavy atom. The summed E-state index contributed by atoms with van der Waals surface area (Å²) in [7, 11) is 0. The minimum Gasteiger partial charge on any atom is -0.342 e. The molecular weight excluding hydrogens is 265 g/mol. The van der Waals surface area contributed by atoms with E-state index in [0.29, 0.717) is 15.7 Å². The predicted molar refractivity (Wildman–Crippen MR) is 58.6 cm³/mol. The van der Waals surface area contributed by atoms with Gasteiger partial charge in [0.25, 0.3) is 0 Å². The average Bonchev–Trinajstić information content (AvgIpc) is 2.90. The summed E-state index contributed by atoms with van der Waals surface area (Å²) in [4.78, 5) is 11.8. The summed E-state index contributed by atoms with van der Waals surface area (Å²) in [5, 5.41) is 0.404. The molecule has 3 rings (SSSR count). The summed E-state index contributed by atoms with van der Waals surface area (Å²) in [5.74, 6) is 0.684. The molecule has 0 spiro atoms. The summed E-state index contributed by atoms with van der Waals surface area (Å²) in [6.07, 6.45) is 2.53. The van der Waals surface area contributed by atoms with Gasteiger partial charge in [-0.1, -0.05) is 11.6 Å². The lowest BCUT2D eigenvalue weighted by atomic mass is 10.3. The van der Waals surface area contributed by atoms with Crippen molar-refractivity contribution in [2.45, 2.75) is 18.8 Å². The number of hydrogen-bond acceptors (Lipinski definition) is 2. The van der Waals surface area contributed by atoms with Gasteiger partial charge in [-0.15, -0.1) is 0 Å². The smallest absolute Gasteiger partial charge is 0.164 e. The molecule has 14 heavy (non-hydrogen) atoms. The minimum absolute atomic E-state index is 0.404. The molecule has 0 unspecified atom stereocenters. The molecule has 1 aliphatic rings. The number of rotatable bonds is 1. The van der Waals surface area contributed by atoms with Gasteiger partial charge in [0, 0.05) is 5.69 Å². The Bertz CT molecular complexity index is 465. The minimum atomic E-state index is 0.404. The highest BCUT2D eigenvalue weighted by molar-refractivity contribution is 9.10. The Morgan fingerprint density at radius 2 is 2.21 bits per heavy atom. The molecule has 1 N–H and O–H groups in total. The highest BCUT2D eigenvalue weighted by Crippen LogP contribution is 2.40. The average molecular weight is 273 g/mol. The second kappa shape index (κ2) is 2.94. The summed E-state index contributed by atoms with van der Waals surface area (Å²) in [5.41, 5.74) is 2.89. The fraction of sp³-hybridized carbons (Fsp3) is 0.333. The van der Waals surface area contributed by atoms with Crippen LogP contribution in [-0.2, 0) is 0 Å². The van der Waals surface area contributed by atoms with Crippen LogP contribution in [0.4, 0.5) is 0 Å². The maximum Gasteiger partial charge on any atom is 0.164 e.